The summed E-state index contributed by atoms with van der Waals surface area (Å²) in [4.78, 5) is 17.5. The van der Waals surface area contributed by atoms with Gasteiger partial charge in [-0.3, -0.25) is 9.48 Å². The standard InChI is InChI=1S/C14H21N5O/c1-10-12-7-11(9-16-14(12)19(4)17-10)8-15-6-5-13(20)18(2)3/h7,9,15H,5-6,8H2,1-4H3. The molecule has 20 heavy (non-hydrogen) atoms. The molecule has 2 heterocycles. The predicted molar refractivity (Wildman–Crippen MR) is 78.3 cm³/mol. The minimum Gasteiger partial charge on any atom is -0.349 e. The predicted octanol–water partition coefficient (Wildman–Crippen LogP) is 0.845. The van der Waals surface area contributed by atoms with Gasteiger partial charge in [-0.15, -0.1) is 0 Å². The van der Waals surface area contributed by atoms with Crippen LogP contribution in [0.25, 0.3) is 11.0 Å². The molecular formula is C14H21N5O. The van der Waals surface area contributed by atoms with Gasteiger partial charge in [-0.25, -0.2) is 4.98 Å². The molecule has 0 aliphatic rings. The summed E-state index contributed by atoms with van der Waals surface area (Å²) in [5.41, 5.74) is 2.99. The van der Waals surface area contributed by atoms with E-state index < -0.39 is 0 Å². The molecule has 2 rings (SSSR count). The molecular weight excluding hydrogens is 254 g/mol. The molecule has 0 saturated heterocycles. The van der Waals surface area contributed by atoms with Gasteiger partial charge in [0.05, 0.1) is 5.69 Å². The van der Waals surface area contributed by atoms with Crippen molar-refractivity contribution in [3.8, 4) is 0 Å². The topological polar surface area (TPSA) is 63.1 Å². The lowest BCUT2D eigenvalue weighted by Crippen LogP contribution is -2.26. The number of aromatic nitrogens is 3. The zero-order valence-electron chi connectivity index (χ0n) is 12.5. The smallest absolute Gasteiger partial charge is 0.223 e. The average molecular weight is 275 g/mol. The summed E-state index contributed by atoms with van der Waals surface area (Å²) >= 11 is 0. The minimum absolute atomic E-state index is 0.134. The molecule has 0 fully saturated rings. The van der Waals surface area contributed by atoms with Crippen LogP contribution in [0.15, 0.2) is 12.3 Å². The molecule has 1 amide bonds. The summed E-state index contributed by atoms with van der Waals surface area (Å²) in [5.74, 6) is 0.134. The molecule has 0 radical (unpaired) electrons. The summed E-state index contributed by atoms with van der Waals surface area (Å²) < 4.78 is 1.79. The van der Waals surface area contributed by atoms with Gasteiger partial charge in [0.15, 0.2) is 5.65 Å². The molecule has 108 valence electrons. The fraction of sp³-hybridized carbons (Fsp3) is 0.500. The Bertz CT molecular complexity index is 617. The highest BCUT2D eigenvalue weighted by molar-refractivity contribution is 5.78. The van der Waals surface area contributed by atoms with Crippen molar-refractivity contribution in [3.63, 3.8) is 0 Å². The van der Waals surface area contributed by atoms with Gasteiger partial charge < -0.3 is 10.2 Å². The highest BCUT2D eigenvalue weighted by Gasteiger charge is 2.07. The van der Waals surface area contributed by atoms with Crippen LogP contribution in [0.4, 0.5) is 0 Å². The Labute approximate surface area is 118 Å². The van der Waals surface area contributed by atoms with Crippen LogP contribution in [0.2, 0.25) is 0 Å². The fourth-order valence-corrected chi connectivity index (χ4v) is 2.10. The lowest BCUT2D eigenvalue weighted by Gasteiger charge is -2.10. The molecule has 6 nitrogen and oxygen atoms in total. The van der Waals surface area contributed by atoms with Crippen molar-refractivity contribution in [2.75, 3.05) is 20.6 Å². The molecule has 1 N–H and O–H groups in total. The summed E-state index contributed by atoms with van der Waals surface area (Å²) in [6.45, 7) is 3.36. The van der Waals surface area contributed by atoms with Gasteiger partial charge in [-0.05, 0) is 18.6 Å². The Morgan fingerprint density at radius 3 is 2.90 bits per heavy atom. The monoisotopic (exact) mass is 275 g/mol. The van der Waals surface area contributed by atoms with Crippen molar-refractivity contribution in [2.24, 2.45) is 7.05 Å². The highest BCUT2D eigenvalue weighted by Crippen LogP contribution is 2.16. The third-order valence-corrected chi connectivity index (χ3v) is 3.26. The van der Waals surface area contributed by atoms with Crippen molar-refractivity contribution < 1.29 is 4.79 Å². The number of hydrogen-bond donors (Lipinski definition) is 1. The molecule has 0 unspecified atom stereocenters. The minimum atomic E-state index is 0.134. The van der Waals surface area contributed by atoms with Gasteiger partial charge >= 0.3 is 0 Å². The van der Waals surface area contributed by atoms with Gasteiger partial charge in [-0.1, -0.05) is 0 Å². The highest BCUT2D eigenvalue weighted by atomic mass is 16.2. The van der Waals surface area contributed by atoms with Crippen LogP contribution < -0.4 is 5.32 Å². The maximum Gasteiger partial charge on any atom is 0.223 e. The Balaban J connectivity index is 1.94. The second-order valence-corrected chi connectivity index (χ2v) is 5.14. The molecule has 2 aromatic heterocycles. The van der Waals surface area contributed by atoms with Crippen LogP contribution in [0.3, 0.4) is 0 Å². The number of amides is 1. The van der Waals surface area contributed by atoms with Crippen molar-refractivity contribution >= 4 is 16.9 Å². The van der Waals surface area contributed by atoms with Crippen LogP contribution in [-0.2, 0) is 18.4 Å². The van der Waals surface area contributed by atoms with E-state index in [1.54, 1.807) is 23.7 Å². The van der Waals surface area contributed by atoms with Crippen molar-refractivity contribution in [3.05, 3.63) is 23.5 Å². The largest absolute Gasteiger partial charge is 0.349 e. The maximum absolute atomic E-state index is 11.4. The lowest BCUT2D eigenvalue weighted by atomic mass is 10.2. The average Bonchev–Trinajstić information content (AvgIpc) is 2.69. The van der Waals surface area contributed by atoms with Gasteiger partial charge in [0.1, 0.15) is 0 Å². The number of nitrogens with zero attached hydrogens (tertiary/aromatic N) is 4. The van der Waals surface area contributed by atoms with E-state index in [4.69, 9.17) is 0 Å². The van der Waals surface area contributed by atoms with E-state index in [9.17, 15) is 4.79 Å². The van der Waals surface area contributed by atoms with E-state index in [1.807, 2.05) is 20.2 Å². The quantitative estimate of drug-likeness (QED) is 0.822. The van der Waals surface area contributed by atoms with E-state index in [-0.39, 0.29) is 5.91 Å². The summed E-state index contributed by atoms with van der Waals surface area (Å²) in [6, 6.07) is 2.10. The fourth-order valence-electron chi connectivity index (χ4n) is 2.10. The Morgan fingerprint density at radius 2 is 2.20 bits per heavy atom. The molecule has 6 heteroatoms. The molecule has 0 saturated carbocycles. The zero-order valence-corrected chi connectivity index (χ0v) is 12.5. The molecule has 0 atom stereocenters. The number of carbonyl (C=O) groups is 1. The first kappa shape index (κ1) is 14.5. The second kappa shape index (κ2) is 6.00. The van der Waals surface area contributed by atoms with E-state index in [2.05, 4.69) is 21.5 Å². The number of carbonyl (C=O) groups excluding carboxylic acids is 1. The van der Waals surface area contributed by atoms with E-state index in [0.717, 1.165) is 22.3 Å². The molecule has 0 aliphatic carbocycles. The number of hydrogen-bond acceptors (Lipinski definition) is 4. The van der Waals surface area contributed by atoms with Crippen molar-refractivity contribution in [1.29, 1.82) is 0 Å². The Morgan fingerprint density at radius 1 is 1.45 bits per heavy atom. The maximum atomic E-state index is 11.4. The van der Waals surface area contributed by atoms with Gasteiger partial charge in [-0.2, -0.15) is 5.10 Å². The third kappa shape index (κ3) is 3.14. The Kier molecular flexibility index (Phi) is 4.34. The van der Waals surface area contributed by atoms with E-state index in [0.29, 0.717) is 19.5 Å². The third-order valence-electron chi connectivity index (χ3n) is 3.26. The first-order valence-corrected chi connectivity index (χ1v) is 6.68. The molecule has 0 aliphatic heterocycles. The first-order valence-electron chi connectivity index (χ1n) is 6.68. The van der Waals surface area contributed by atoms with E-state index >= 15 is 0 Å². The van der Waals surface area contributed by atoms with Crippen molar-refractivity contribution in [2.45, 2.75) is 19.9 Å². The SMILES string of the molecule is Cc1nn(C)c2ncc(CNCCC(=O)N(C)C)cc12. The summed E-state index contributed by atoms with van der Waals surface area (Å²) in [6.07, 6.45) is 2.36. The van der Waals surface area contributed by atoms with Gasteiger partial charge in [0.25, 0.3) is 0 Å². The number of pyridine rings is 1. The van der Waals surface area contributed by atoms with Crippen LogP contribution >= 0.6 is 0 Å². The zero-order chi connectivity index (χ0) is 14.7. The number of nitrogens with one attached hydrogen (secondary N) is 1. The molecule has 0 aromatic carbocycles. The van der Waals surface area contributed by atoms with Crippen LogP contribution in [0, 0.1) is 6.92 Å². The van der Waals surface area contributed by atoms with Crippen LogP contribution in [-0.4, -0.2) is 46.2 Å². The van der Waals surface area contributed by atoms with Gasteiger partial charge in [0, 0.05) is 52.2 Å². The van der Waals surface area contributed by atoms with Crippen LogP contribution in [0.5, 0.6) is 0 Å². The molecule has 2 aromatic rings. The van der Waals surface area contributed by atoms with Gasteiger partial charge in [0.2, 0.25) is 5.91 Å². The lowest BCUT2D eigenvalue weighted by molar-refractivity contribution is -0.128. The summed E-state index contributed by atoms with van der Waals surface area (Å²) in [7, 11) is 5.43. The number of aryl methyl sites for hydroxylation is 2. The first-order chi connectivity index (χ1) is 9.49. The normalized spacial score (nSPS) is 11.0. The van der Waals surface area contributed by atoms with E-state index in [1.165, 1.54) is 0 Å². The number of rotatable bonds is 5. The Hall–Kier alpha value is -1.95. The van der Waals surface area contributed by atoms with Crippen molar-refractivity contribution in [1.82, 2.24) is 25.0 Å². The molecule has 0 bridgehead atoms. The second-order valence-electron chi connectivity index (χ2n) is 5.14. The molecule has 0 spiro atoms. The number of fused-ring (bicyclic) bond motifs is 1. The summed E-state index contributed by atoms with van der Waals surface area (Å²) in [5, 5.41) is 8.70. The van der Waals surface area contributed by atoms with Crippen LogP contribution in [0.1, 0.15) is 17.7 Å².